The summed E-state index contributed by atoms with van der Waals surface area (Å²) in [6, 6.07) is 0. The number of primary amides is 1. The summed E-state index contributed by atoms with van der Waals surface area (Å²) in [6.45, 7) is 2.66. The Morgan fingerprint density at radius 3 is 2.94 bits per heavy atom. The molecule has 1 heterocycles. The number of anilines is 2. The number of nitrogens with zero attached hydrogens (tertiary/aromatic N) is 2. The lowest BCUT2D eigenvalue weighted by molar-refractivity contribution is 0.161. The summed E-state index contributed by atoms with van der Waals surface area (Å²) in [5.41, 5.74) is 11.5. The van der Waals surface area contributed by atoms with Crippen LogP contribution < -0.4 is 16.8 Å². The van der Waals surface area contributed by atoms with E-state index in [9.17, 15) is 4.79 Å². The molecule has 0 radical (unpaired) electrons. The van der Waals surface area contributed by atoms with E-state index >= 15 is 0 Å². The standard InChI is InChI=1S/C10H17N5O2/c1-2-3-7-8(11)14-6-15-9(7)13-4-5-17-10(12)16/h6H,2-5H2,1H3,(H2,12,16)(H3,11,13,14,15). The zero-order valence-corrected chi connectivity index (χ0v) is 9.77. The van der Waals surface area contributed by atoms with Crippen LogP contribution in [0.4, 0.5) is 16.4 Å². The van der Waals surface area contributed by atoms with Crippen LogP contribution in [0.2, 0.25) is 0 Å². The van der Waals surface area contributed by atoms with E-state index < -0.39 is 6.09 Å². The van der Waals surface area contributed by atoms with Gasteiger partial charge in [0.15, 0.2) is 0 Å². The molecule has 0 spiro atoms. The highest BCUT2D eigenvalue weighted by Gasteiger charge is 2.07. The van der Waals surface area contributed by atoms with E-state index in [-0.39, 0.29) is 6.61 Å². The van der Waals surface area contributed by atoms with Crippen molar-refractivity contribution in [2.24, 2.45) is 5.73 Å². The lowest BCUT2D eigenvalue weighted by Crippen LogP contribution is -2.19. The SMILES string of the molecule is CCCc1c(N)ncnc1NCCOC(N)=O. The molecule has 17 heavy (non-hydrogen) atoms. The maximum Gasteiger partial charge on any atom is 0.404 e. The molecule has 1 rings (SSSR count). The summed E-state index contributed by atoms with van der Waals surface area (Å²) in [5, 5.41) is 3.03. The molecule has 0 aliphatic carbocycles. The highest BCUT2D eigenvalue weighted by Crippen LogP contribution is 2.18. The molecule has 0 atom stereocenters. The van der Waals surface area contributed by atoms with Crippen LogP contribution in [0, 0.1) is 0 Å². The topological polar surface area (TPSA) is 116 Å². The molecule has 7 heteroatoms. The number of hydrogen-bond donors (Lipinski definition) is 3. The average molecular weight is 239 g/mol. The second kappa shape index (κ2) is 6.51. The van der Waals surface area contributed by atoms with E-state index in [1.807, 2.05) is 6.92 Å². The van der Waals surface area contributed by atoms with Crippen molar-refractivity contribution in [3.63, 3.8) is 0 Å². The van der Waals surface area contributed by atoms with E-state index in [0.29, 0.717) is 18.2 Å². The molecule has 0 aliphatic rings. The number of hydrogen-bond acceptors (Lipinski definition) is 6. The predicted molar refractivity (Wildman–Crippen MR) is 64.5 cm³/mol. The molecule has 0 aromatic carbocycles. The third kappa shape index (κ3) is 4.13. The van der Waals surface area contributed by atoms with Gasteiger partial charge in [-0.15, -0.1) is 0 Å². The van der Waals surface area contributed by atoms with Crippen molar-refractivity contribution in [3.05, 3.63) is 11.9 Å². The van der Waals surface area contributed by atoms with Crippen molar-refractivity contribution < 1.29 is 9.53 Å². The predicted octanol–water partition coefficient (Wildman–Crippen LogP) is 0.518. The van der Waals surface area contributed by atoms with Gasteiger partial charge in [0.2, 0.25) is 0 Å². The van der Waals surface area contributed by atoms with E-state index in [4.69, 9.17) is 11.5 Å². The summed E-state index contributed by atoms with van der Waals surface area (Å²) in [6.07, 6.45) is 2.35. The number of nitrogens with two attached hydrogens (primary N) is 2. The Morgan fingerprint density at radius 2 is 2.29 bits per heavy atom. The van der Waals surface area contributed by atoms with Gasteiger partial charge >= 0.3 is 6.09 Å². The number of rotatable bonds is 6. The minimum atomic E-state index is -0.789. The summed E-state index contributed by atoms with van der Waals surface area (Å²) < 4.78 is 4.60. The number of aromatic nitrogens is 2. The first-order valence-electron chi connectivity index (χ1n) is 5.40. The zero-order valence-electron chi connectivity index (χ0n) is 9.77. The number of carbonyl (C=O) groups is 1. The summed E-state index contributed by atoms with van der Waals surface area (Å²) in [7, 11) is 0. The number of carbonyl (C=O) groups excluding carboxylic acids is 1. The monoisotopic (exact) mass is 239 g/mol. The normalized spacial score (nSPS) is 9.94. The third-order valence-electron chi connectivity index (χ3n) is 2.12. The highest BCUT2D eigenvalue weighted by atomic mass is 16.5. The van der Waals surface area contributed by atoms with Crippen molar-refractivity contribution in [1.82, 2.24) is 9.97 Å². The minimum absolute atomic E-state index is 0.185. The molecule has 0 bridgehead atoms. The smallest absolute Gasteiger partial charge is 0.404 e. The van der Waals surface area contributed by atoms with Gasteiger partial charge < -0.3 is 21.5 Å². The first-order valence-corrected chi connectivity index (χ1v) is 5.40. The lowest BCUT2D eigenvalue weighted by Gasteiger charge is -2.11. The molecule has 0 saturated carbocycles. The molecule has 5 N–H and O–H groups in total. The summed E-state index contributed by atoms with van der Waals surface area (Å²) in [5.74, 6) is 1.15. The zero-order chi connectivity index (χ0) is 12.7. The average Bonchev–Trinajstić information content (AvgIpc) is 2.28. The molecular formula is C10H17N5O2. The molecular weight excluding hydrogens is 222 g/mol. The fourth-order valence-corrected chi connectivity index (χ4v) is 1.40. The van der Waals surface area contributed by atoms with Crippen molar-refractivity contribution in [1.29, 1.82) is 0 Å². The van der Waals surface area contributed by atoms with Gasteiger partial charge in [0.1, 0.15) is 24.6 Å². The van der Waals surface area contributed by atoms with E-state index in [1.54, 1.807) is 0 Å². The summed E-state index contributed by atoms with van der Waals surface area (Å²) >= 11 is 0. The maximum atomic E-state index is 10.4. The van der Waals surface area contributed by atoms with Crippen molar-refractivity contribution >= 4 is 17.7 Å². The fraction of sp³-hybridized carbons (Fsp3) is 0.500. The van der Waals surface area contributed by atoms with Crippen LogP contribution in [0.5, 0.6) is 0 Å². The quantitative estimate of drug-likeness (QED) is 0.623. The van der Waals surface area contributed by atoms with Crippen LogP contribution in [-0.4, -0.2) is 29.2 Å². The van der Waals surface area contributed by atoms with Crippen LogP contribution >= 0.6 is 0 Å². The van der Waals surface area contributed by atoms with Crippen LogP contribution in [0.15, 0.2) is 6.33 Å². The molecule has 94 valence electrons. The lowest BCUT2D eigenvalue weighted by atomic mass is 10.1. The molecule has 1 amide bonds. The molecule has 1 aromatic heterocycles. The Balaban J connectivity index is 2.57. The van der Waals surface area contributed by atoms with E-state index in [1.165, 1.54) is 6.33 Å². The van der Waals surface area contributed by atoms with Crippen LogP contribution in [0.1, 0.15) is 18.9 Å². The Bertz CT molecular complexity index is 383. The van der Waals surface area contributed by atoms with E-state index in [0.717, 1.165) is 18.4 Å². The van der Waals surface area contributed by atoms with Gasteiger partial charge in [-0.1, -0.05) is 13.3 Å². The fourth-order valence-electron chi connectivity index (χ4n) is 1.40. The molecule has 0 unspecified atom stereocenters. The molecule has 7 nitrogen and oxygen atoms in total. The number of ether oxygens (including phenoxy) is 1. The summed E-state index contributed by atoms with van der Waals surface area (Å²) in [4.78, 5) is 18.4. The van der Waals surface area contributed by atoms with Crippen LogP contribution in [-0.2, 0) is 11.2 Å². The van der Waals surface area contributed by atoms with Crippen LogP contribution in [0.3, 0.4) is 0 Å². The van der Waals surface area contributed by atoms with Gasteiger partial charge in [-0.3, -0.25) is 0 Å². The maximum absolute atomic E-state index is 10.4. The second-order valence-corrected chi connectivity index (χ2v) is 3.43. The Morgan fingerprint density at radius 1 is 1.53 bits per heavy atom. The van der Waals surface area contributed by atoms with Crippen molar-refractivity contribution in [2.45, 2.75) is 19.8 Å². The highest BCUT2D eigenvalue weighted by molar-refractivity contribution is 5.64. The van der Waals surface area contributed by atoms with Gasteiger partial charge in [0, 0.05) is 5.56 Å². The molecule has 1 aromatic rings. The minimum Gasteiger partial charge on any atom is -0.448 e. The van der Waals surface area contributed by atoms with Crippen LogP contribution in [0.25, 0.3) is 0 Å². The van der Waals surface area contributed by atoms with E-state index in [2.05, 4.69) is 20.0 Å². The second-order valence-electron chi connectivity index (χ2n) is 3.43. The van der Waals surface area contributed by atoms with Crippen molar-refractivity contribution in [2.75, 3.05) is 24.2 Å². The largest absolute Gasteiger partial charge is 0.448 e. The van der Waals surface area contributed by atoms with Gasteiger partial charge in [-0.2, -0.15) is 0 Å². The Hall–Kier alpha value is -2.05. The molecule has 0 fully saturated rings. The first kappa shape index (κ1) is 13.0. The number of nitrogen functional groups attached to an aromatic ring is 1. The van der Waals surface area contributed by atoms with Gasteiger partial charge in [0.05, 0.1) is 6.54 Å². The number of nitrogens with one attached hydrogen (secondary N) is 1. The first-order chi connectivity index (χ1) is 8.15. The molecule has 0 saturated heterocycles. The van der Waals surface area contributed by atoms with Gasteiger partial charge in [-0.05, 0) is 6.42 Å². The van der Waals surface area contributed by atoms with Gasteiger partial charge in [-0.25, -0.2) is 14.8 Å². The van der Waals surface area contributed by atoms with Crippen molar-refractivity contribution in [3.8, 4) is 0 Å². The Labute approximate surface area is 99.6 Å². The number of amides is 1. The third-order valence-corrected chi connectivity index (χ3v) is 2.12. The Kier molecular flexibility index (Phi) is 4.99. The van der Waals surface area contributed by atoms with Gasteiger partial charge in [0.25, 0.3) is 0 Å². The molecule has 0 aliphatic heterocycles.